The molecule has 6 nitrogen and oxygen atoms in total. The molecular formula is C36H62N2O4. The molecule has 240 valence electrons. The molecule has 0 aromatic carbocycles. The second-order valence-electron chi connectivity index (χ2n) is 18.0. The lowest BCUT2D eigenvalue weighted by Gasteiger charge is -2.71. The summed E-state index contributed by atoms with van der Waals surface area (Å²) in [6, 6.07) is 0.162. The molecule has 0 aromatic rings. The van der Waals surface area contributed by atoms with Crippen LogP contribution in [0.5, 0.6) is 0 Å². The molecule has 4 N–H and O–H groups in total. The van der Waals surface area contributed by atoms with E-state index in [0.717, 1.165) is 64.3 Å². The van der Waals surface area contributed by atoms with Crippen LogP contribution < -0.4 is 10.6 Å². The van der Waals surface area contributed by atoms with Gasteiger partial charge in [0, 0.05) is 6.04 Å². The molecule has 6 fully saturated rings. The van der Waals surface area contributed by atoms with E-state index in [9.17, 15) is 15.0 Å². The molecule has 0 spiro atoms. The smallest absolute Gasteiger partial charge is 0.237 e. The molecule has 2 saturated heterocycles. The highest BCUT2D eigenvalue weighted by molar-refractivity contribution is 5.82. The summed E-state index contributed by atoms with van der Waals surface area (Å²) in [7, 11) is 0. The molecule has 0 aromatic heterocycles. The van der Waals surface area contributed by atoms with Crippen LogP contribution >= 0.6 is 0 Å². The van der Waals surface area contributed by atoms with E-state index in [2.05, 4.69) is 52.2 Å². The highest BCUT2D eigenvalue weighted by Gasteiger charge is 2.72. The van der Waals surface area contributed by atoms with Gasteiger partial charge in [-0.25, -0.2) is 0 Å². The van der Waals surface area contributed by atoms with Gasteiger partial charge >= 0.3 is 0 Å². The third-order valence-electron chi connectivity index (χ3n) is 15.3. The first-order valence-corrected chi connectivity index (χ1v) is 17.6. The molecule has 4 saturated carbocycles. The van der Waals surface area contributed by atoms with E-state index in [1.807, 2.05) is 13.8 Å². The summed E-state index contributed by atoms with van der Waals surface area (Å²) < 4.78 is 6.73. The standard InChI is InChI=1S/C36H62N2O4/c1-31(2)25-13-18-34(6)26(33(25,5)16-14-27(31)38-30(40)23-11-9-10-20-37-23)21-24(39)29-22(12-17-35(29,34)7)36(8)19-15-28(42-36)32(3,4)41/h22-29,37,39,41H,9-21H2,1-8H3,(H,38,40)/t22-,23-,24+,25-,26+,27-,28+,29-,33-,34+,35+,36-/m0/s1. The molecule has 0 unspecified atom stereocenters. The lowest BCUT2D eigenvalue weighted by molar-refractivity contribution is -0.240. The summed E-state index contributed by atoms with van der Waals surface area (Å²) in [5, 5.41) is 29.9. The fourth-order valence-corrected chi connectivity index (χ4v) is 12.7. The van der Waals surface area contributed by atoms with Gasteiger partial charge in [-0.2, -0.15) is 0 Å². The van der Waals surface area contributed by atoms with Crippen molar-refractivity contribution < 1.29 is 19.7 Å². The largest absolute Gasteiger partial charge is 0.393 e. The minimum Gasteiger partial charge on any atom is -0.393 e. The zero-order valence-electron chi connectivity index (χ0n) is 28.0. The van der Waals surface area contributed by atoms with Crippen LogP contribution in [0.2, 0.25) is 0 Å². The molecular weight excluding hydrogens is 524 g/mol. The Hall–Kier alpha value is -0.690. The Morgan fingerprint density at radius 3 is 2.24 bits per heavy atom. The summed E-state index contributed by atoms with van der Waals surface area (Å²) in [5.74, 6) is 1.75. The maximum atomic E-state index is 13.3. The average molecular weight is 587 g/mol. The Balaban J connectivity index is 1.24. The van der Waals surface area contributed by atoms with Crippen molar-refractivity contribution in [1.82, 2.24) is 10.6 Å². The van der Waals surface area contributed by atoms with Gasteiger partial charge in [0.25, 0.3) is 0 Å². The van der Waals surface area contributed by atoms with Crippen LogP contribution in [0.15, 0.2) is 0 Å². The van der Waals surface area contributed by atoms with E-state index < -0.39 is 5.60 Å². The maximum absolute atomic E-state index is 13.3. The number of amides is 1. The number of aliphatic hydroxyl groups is 2. The summed E-state index contributed by atoms with van der Waals surface area (Å²) in [4.78, 5) is 13.3. The van der Waals surface area contributed by atoms with Gasteiger partial charge in [-0.05, 0) is 143 Å². The number of carbonyl (C=O) groups excluding carboxylic acids is 1. The molecule has 42 heavy (non-hydrogen) atoms. The number of hydrogen-bond donors (Lipinski definition) is 4. The number of hydrogen-bond acceptors (Lipinski definition) is 5. The zero-order chi connectivity index (χ0) is 30.5. The van der Waals surface area contributed by atoms with E-state index in [1.54, 1.807) is 0 Å². The van der Waals surface area contributed by atoms with E-state index >= 15 is 0 Å². The van der Waals surface area contributed by atoms with Gasteiger partial charge in [-0.3, -0.25) is 4.79 Å². The molecule has 6 heteroatoms. The molecule has 12 atom stereocenters. The number of fused-ring (bicyclic) bond motifs is 5. The number of carbonyl (C=O) groups is 1. The summed E-state index contributed by atoms with van der Waals surface area (Å²) >= 11 is 0. The fraction of sp³-hybridized carbons (Fsp3) is 0.972. The van der Waals surface area contributed by atoms with Gasteiger partial charge in [0.2, 0.25) is 5.91 Å². The molecule has 2 aliphatic heterocycles. The van der Waals surface area contributed by atoms with Crippen LogP contribution in [-0.2, 0) is 9.53 Å². The van der Waals surface area contributed by atoms with Gasteiger partial charge in [0.15, 0.2) is 0 Å². The molecule has 2 heterocycles. The monoisotopic (exact) mass is 586 g/mol. The third kappa shape index (κ3) is 4.49. The summed E-state index contributed by atoms with van der Waals surface area (Å²) in [5.41, 5.74) is -0.740. The lowest BCUT2D eigenvalue weighted by atomic mass is 9.35. The van der Waals surface area contributed by atoms with E-state index in [-0.39, 0.29) is 63.4 Å². The minimum atomic E-state index is -0.840. The number of rotatable bonds is 4. The van der Waals surface area contributed by atoms with Crippen LogP contribution in [0.4, 0.5) is 0 Å². The Kier molecular flexibility index (Phi) is 7.57. The molecule has 4 aliphatic carbocycles. The number of ether oxygens (including phenoxy) is 1. The highest BCUT2D eigenvalue weighted by Crippen LogP contribution is 2.76. The average Bonchev–Trinajstić information content (AvgIpc) is 3.51. The van der Waals surface area contributed by atoms with Crippen molar-refractivity contribution in [3.05, 3.63) is 0 Å². The molecule has 6 rings (SSSR count). The maximum Gasteiger partial charge on any atom is 0.237 e. The third-order valence-corrected chi connectivity index (χ3v) is 15.3. The molecule has 0 bridgehead atoms. The second-order valence-corrected chi connectivity index (χ2v) is 18.0. The Morgan fingerprint density at radius 1 is 0.881 bits per heavy atom. The topological polar surface area (TPSA) is 90.8 Å². The van der Waals surface area contributed by atoms with Crippen molar-refractivity contribution >= 4 is 5.91 Å². The van der Waals surface area contributed by atoms with Gasteiger partial charge < -0.3 is 25.6 Å². The first kappa shape index (κ1) is 31.3. The molecule has 1 amide bonds. The van der Waals surface area contributed by atoms with E-state index in [0.29, 0.717) is 17.8 Å². The number of piperidine rings is 1. The van der Waals surface area contributed by atoms with Crippen molar-refractivity contribution in [2.45, 2.75) is 168 Å². The minimum absolute atomic E-state index is 0.0108. The molecule has 0 radical (unpaired) electrons. The Bertz CT molecular complexity index is 1050. The number of aliphatic hydroxyl groups excluding tert-OH is 1. The van der Waals surface area contributed by atoms with Crippen molar-refractivity contribution in [3.8, 4) is 0 Å². The van der Waals surface area contributed by atoms with Gasteiger partial charge in [0.1, 0.15) is 0 Å². The van der Waals surface area contributed by atoms with Crippen molar-refractivity contribution in [1.29, 1.82) is 0 Å². The predicted octanol–water partition coefficient (Wildman–Crippen LogP) is 5.98. The van der Waals surface area contributed by atoms with Crippen molar-refractivity contribution in [2.24, 2.45) is 45.3 Å². The van der Waals surface area contributed by atoms with E-state index in [1.165, 1.54) is 19.3 Å². The van der Waals surface area contributed by atoms with Gasteiger partial charge in [-0.1, -0.05) is 41.0 Å². The van der Waals surface area contributed by atoms with Gasteiger partial charge in [0.05, 0.1) is 29.5 Å². The van der Waals surface area contributed by atoms with Crippen LogP contribution in [0.25, 0.3) is 0 Å². The predicted molar refractivity (Wildman–Crippen MR) is 167 cm³/mol. The van der Waals surface area contributed by atoms with Gasteiger partial charge in [-0.15, -0.1) is 0 Å². The second kappa shape index (κ2) is 10.2. The van der Waals surface area contributed by atoms with Crippen molar-refractivity contribution in [2.75, 3.05) is 6.54 Å². The summed E-state index contributed by atoms with van der Waals surface area (Å²) in [6.07, 6.45) is 12.3. The Labute approximate surface area is 255 Å². The first-order chi connectivity index (χ1) is 19.5. The normalized spacial score (nSPS) is 52.2. The lowest BCUT2D eigenvalue weighted by Crippen LogP contribution is -2.68. The quantitative estimate of drug-likeness (QED) is 0.326. The van der Waals surface area contributed by atoms with Crippen LogP contribution in [0.1, 0.15) is 132 Å². The van der Waals surface area contributed by atoms with Crippen LogP contribution in [0, 0.1) is 45.3 Å². The zero-order valence-corrected chi connectivity index (χ0v) is 28.0. The fourth-order valence-electron chi connectivity index (χ4n) is 12.7. The highest BCUT2D eigenvalue weighted by atomic mass is 16.5. The molecule has 6 aliphatic rings. The Morgan fingerprint density at radius 2 is 1.60 bits per heavy atom. The summed E-state index contributed by atoms with van der Waals surface area (Å²) in [6.45, 7) is 19.5. The first-order valence-electron chi connectivity index (χ1n) is 17.6. The number of nitrogens with one attached hydrogen (secondary N) is 2. The van der Waals surface area contributed by atoms with Crippen LogP contribution in [-0.4, -0.2) is 58.2 Å². The van der Waals surface area contributed by atoms with Crippen molar-refractivity contribution in [3.63, 3.8) is 0 Å². The van der Waals surface area contributed by atoms with Crippen LogP contribution in [0.3, 0.4) is 0 Å². The SMILES string of the molecule is CC(C)(O)[C@H]1CC[C@@](C)([C@H]2CC[C@]3(C)[C@@H]2[C@H](O)C[C@@H]2[C@@]4(C)CC[C@H](NC(=O)[C@@H]5CCCCN5)C(C)(C)[C@@H]4CC[C@]23C)O1. The van der Waals surface area contributed by atoms with E-state index in [4.69, 9.17) is 4.74 Å².